The highest BCUT2D eigenvalue weighted by Crippen LogP contribution is 2.26. The first kappa shape index (κ1) is 18.9. The molecule has 0 saturated carbocycles. The molecule has 1 N–H and O–H groups in total. The summed E-state index contributed by atoms with van der Waals surface area (Å²) in [6.45, 7) is 7.88. The molecule has 1 aliphatic heterocycles. The number of nitrogens with one attached hydrogen (secondary N) is 1. The van der Waals surface area contributed by atoms with Gasteiger partial charge in [0.15, 0.2) is 0 Å². The van der Waals surface area contributed by atoms with Crippen molar-refractivity contribution in [1.29, 1.82) is 0 Å². The molecule has 1 saturated heterocycles. The maximum atomic E-state index is 13.0. The lowest BCUT2D eigenvalue weighted by Crippen LogP contribution is -2.55. The molecule has 2 aromatic rings. The molecule has 1 fully saturated rings. The summed E-state index contributed by atoms with van der Waals surface area (Å²) in [4.78, 5) is 29.1. The zero-order valence-electron chi connectivity index (χ0n) is 16.4. The summed E-state index contributed by atoms with van der Waals surface area (Å²) in [5.41, 5.74) is 1.27. The van der Waals surface area contributed by atoms with Crippen LogP contribution in [-0.4, -0.2) is 57.7 Å². The standard InChI is InChI=1S/C20H27N5O2/c1-15-14-17(23(4)22-15)21-19(27)25-12-10-24(11-13-25)18(26)20(2,3)16-8-6-5-7-9-16/h5-9,14H,10-13H2,1-4H3,(H,21,27). The second-order valence-corrected chi connectivity index (χ2v) is 7.49. The number of amides is 3. The molecule has 0 unspecified atom stereocenters. The third-order valence-electron chi connectivity index (χ3n) is 5.12. The van der Waals surface area contributed by atoms with Crippen molar-refractivity contribution in [2.45, 2.75) is 26.2 Å². The van der Waals surface area contributed by atoms with Gasteiger partial charge >= 0.3 is 6.03 Å². The number of benzene rings is 1. The van der Waals surface area contributed by atoms with Gasteiger partial charge in [-0.3, -0.25) is 14.8 Å². The molecular formula is C20H27N5O2. The first-order valence-electron chi connectivity index (χ1n) is 9.20. The first-order valence-corrected chi connectivity index (χ1v) is 9.20. The van der Waals surface area contributed by atoms with E-state index in [0.29, 0.717) is 32.0 Å². The highest BCUT2D eigenvalue weighted by atomic mass is 16.2. The van der Waals surface area contributed by atoms with Gasteiger partial charge in [0.2, 0.25) is 5.91 Å². The number of hydrogen-bond acceptors (Lipinski definition) is 3. The average Bonchev–Trinajstić information content (AvgIpc) is 2.98. The lowest BCUT2D eigenvalue weighted by atomic mass is 9.83. The van der Waals surface area contributed by atoms with Gasteiger partial charge in [0.05, 0.1) is 11.1 Å². The molecule has 144 valence electrons. The Morgan fingerprint density at radius 3 is 2.19 bits per heavy atom. The van der Waals surface area contributed by atoms with Crippen LogP contribution < -0.4 is 5.32 Å². The van der Waals surface area contributed by atoms with Crippen LogP contribution in [0.2, 0.25) is 0 Å². The second-order valence-electron chi connectivity index (χ2n) is 7.49. The van der Waals surface area contributed by atoms with E-state index < -0.39 is 5.41 Å². The monoisotopic (exact) mass is 369 g/mol. The number of aryl methyl sites for hydroxylation is 2. The minimum Gasteiger partial charge on any atom is -0.338 e. The molecule has 7 heteroatoms. The van der Waals surface area contributed by atoms with Crippen molar-refractivity contribution in [3.05, 3.63) is 47.7 Å². The van der Waals surface area contributed by atoms with Crippen LogP contribution in [0, 0.1) is 6.92 Å². The van der Waals surface area contributed by atoms with E-state index in [1.807, 2.05) is 62.1 Å². The molecule has 1 aromatic carbocycles. The maximum Gasteiger partial charge on any atom is 0.323 e. The number of aromatic nitrogens is 2. The lowest BCUT2D eigenvalue weighted by molar-refractivity contribution is -0.137. The van der Waals surface area contributed by atoms with Crippen LogP contribution in [0.3, 0.4) is 0 Å². The fourth-order valence-corrected chi connectivity index (χ4v) is 3.40. The number of anilines is 1. The smallest absolute Gasteiger partial charge is 0.323 e. The average molecular weight is 369 g/mol. The summed E-state index contributed by atoms with van der Waals surface area (Å²) in [7, 11) is 1.80. The third-order valence-corrected chi connectivity index (χ3v) is 5.12. The van der Waals surface area contributed by atoms with Crippen LogP contribution in [0.1, 0.15) is 25.1 Å². The Morgan fingerprint density at radius 2 is 1.63 bits per heavy atom. The lowest BCUT2D eigenvalue weighted by Gasteiger charge is -2.38. The van der Waals surface area contributed by atoms with E-state index in [9.17, 15) is 9.59 Å². The van der Waals surface area contributed by atoms with Gasteiger partial charge in [-0.25, -0.2) is 4.79 Å². The fraction of sp³-hybridized carbons (Fsp3) is 0.450. The van der Waals surface area contributed by atoms with Gasteiger partial charge < -0.3 is 9.80 Å². The van der Waals surface area contributed by atoms with E-state index in [2.05, 4.69) is 10.4 Å². The van der Waals surface area contributed by atoms with Crippen molar-refractivity contribution in [2.24, 2.45) is 7.05 Å². The first-order chi connectivity index (χ1) is 12.8. The SMILES string of the molecule is Cc1cc(NC(=O)N2CCN(C(=O)C(C)(C)c3ccccc3)CC2)n(C)n1. The number of carbonyl (C=O) groups excluding carboxylic acids is 2. The van der Waals surface area contributed by atoms with Crippen molar-refractivity contribution in [3.8, 4) is 0 Å². The maximum absolute atomic E-state index is 13.0. The van der Waals surface area contributed by atoms with Gasteiger partial charge in [-0.1, -0.05) is 30.3 Å². The highest BCUT2D eigenvalue weighted by molar-refractivity contribution is 5.90. The Balaban J connectivity index is 1.59. The van der Waals surface area contributed by atoms with E-state index in [-0.39, 0.29) is 11.9 Å². The summed E-state index contributed by atoms with van der Waals surface area (Å²) in [5.74, 6) is 0.761. The van der Waals surface area contributed by atoms with Gasteiger partial charge in [0, 0.05) is 39.3 Å². The predicted molar refractivity (Wildman–Crippen MR) is 105 cm³/mol. The van der Waals surface area contributed by atoms with Gasteiger partial charge in [-0.15, -0.1) is 0 Å². The van der Waals surface area contributed by atoms with E-state index in [0.717, 1.165) is 11.3 Å². The summed E-state index contributed by atoms with van der Waals surface area (Å²) in [5, 5.41) is 7.12. The van der Waals surface area contributed by atoms with Crippen LogP contribution in [0.4, 0.5) is 10.6 Å². The van der Waals surface area contributed by atoms with Crippen LogP contribution in [0.25, 0.3) is 0 Å². The van der Waals surface area contributed by atoms with Crippen molar-refractivity contribution in [3.63, 3.8) is 0 Å². The largest absolute Gasteiger partial charge is 0.338 e. The van der Waals surface area contributed by atoms with Crippen LogP contribution in [0.15, 0.2) is 36.4 Å². The summed E-state index contributed by atoms with van der Waals surface area (Å²) < 4.78 is 1.65. The second kappa shape index (κ2) is 7.42. The number of carbonyl (C=O) groups is 2. The molecule has 2 heterocycles. The molecule has 1 aromatic heterocycles. The van der Waals surface area contributed by atoms with Gasteiger partial charge in [-0.05, 0) is 26.3 Å². The number of piperazine rings is 1. The number of urea groups is 1. The van der Waals surface area contributed by atoms with Crippen molar-refractivity contribution < 1.29 is 9.59 Å². The van der Waals surface area contributed by atoms with Crippen LogP contribution >= 0.6 is 0 Å². The quantitative estimate of drug-likeness (QED) is 0.903. The molecule has 3 rings (SSSR count). The molecular weight excluding hydrogens is 342 g/mol. The van der Waals surface area contributed by atoms with E-state index in [4.69, 9.17) is 0 Å². The fourth-order valence-electron chi connectivity index (χ4n) is 3.40. The molecule has 0 atom stereocenters. The Morgan fingerprint density at radius 1 is 1.04 bits per heavy atom. The Bertz CT molecular complexity index is 820. The topological polar surface area (TPSA) is 70.5 Å². The zero-order valence-corrected chi connectivity index (χ0v) is 16.4. The predicted octanol–water partition coefficient (Wildman–Crippen LogP) is 2.38. The van der Waals surface area contributed by atoms with E-state index >= 15 is 0 Å². The Labute approximate surface area is 159 Å². The molecule has 27 heavy (non-hydrogen) atoms. The van der Waals surface area contributed by atoms with Gasteiger partial charge in [0.1, 0.15) is 5.82 Å². The number of hydrogen-bond donors (Lipinski definition) is 1. The third kappa shape index (κ3) is 3.97. The summed E-state index contributed by atoms with van der Waals surface area (Å²) in [6, 6.07) is 11.5. The molecule has 0 radical (unpaired) electrons. The molecule has 1 aliphatic rings. The van der Waals surface area contributed by atoms with Crippen LogP contribution in [0.5, 0.6) is 0 Å². The molecule has 3 amide bonds. The van der Waals surface area contributed by atoms with Crippen molar-refractivity contribution >= 4 is 17.8 Å². The van der Waals surface area contributed by atoms with Crippen molar-refractivity contribution in [2.75, 3.05) is 31.5 Å². The van der Waals surface area contributed by atoms with E-state index in [1.54, 1.807) is 16.6 Å². The normalized spacial score (nSPS) is 15.0. The minimum absolute atomic E-state index is 0.0935. The highest BCUT2D eigenvalue weighted by Gasteiger charge is 2.35. The van der Waals surface area contributed by atoms with Gasteiger partial charge in [0.25, 0.3) is 0 Å². The number of nitrogens with zero attached hydrogens (tertiary/aromatic N) is 4. The Hall–Kier alpha value is -2.83. The van der Waals surface area contributed by atoms with Crippen molar-refractivity contribution in [1.82, 2.24) is 19.6 Å². The number of rotatable bonds is 3. The zero-order chi connectivity index (χ0) is 19.6. The molecule has 0 spiro atoms. The summed E-state index contributed by atoms with van der Waals surface area (Å²) >= 11 is 0. The van der Waals surface area contributed by atoms with Crippen LogP contribution in [-0.2, 0) is 17.3 Å². The summed E-state index contributed by atoms with van der Waals surface area (Å²) in [6.07, 6.45) is 0. The molecule has 0 aliphatic carbocycles. The molecule has 0 bridgehead atoms. The van der Waals surface area contributed by atoms with E-state index in [1.165, 1.54) is 0 Å². The Kier molecular flexibility index (Phi) is 5.21. The minimum atomic E-state index is -0.585. The van der Waals surface area contributed by atoms with Gasteiger partial charge in [-0.2, -0.15) is 5.10 Å². The molecule has 7 nitrogen and oxygen atoms in total.